The van der Waals surface area contributed by atoms with Crippen LogP contribution in [-0.4, -0.2) is 34.5 Å². The van der Waals surface area contributed by atoms with Gasteiger partial charge in [0.1, 0.15) is 0 Å². The normalized spacial score (nSPS) is 11.2. The molecule has 6 heteroatoms. The molecule has 0 unspecified atom stereocenters. The summed E-state index contributed by atoms with van der Waals surface area (Å²) in [6.45, 7) is 3.92. The first-order chi connectivity index (χ1) is 8.90. The number of aliphatic carboxylic acids is 1. The molecule has 4 nitrogen and oxygen atoms in total. The molecule has 0 fully saturated rings. The number of rotatable bonds is 6. The van der Waals surface area contributed by atoms with Gasteiger partial charge in [-0.05, 0) is 32.1 Å². The summed E-state index contributed by atoms with van der Waals surface area (Å²) < 4.78 is 0.665. The van der Waals surface area contributed by atoms with Crippen molar-refractivity contribution in [3.05, 3.63) is 27.4 Å². The lowest BCUT2D eigenvalue weighted by atomic mass is 10.2. The summed E-state index contributed by atoms with van der Waals surface area (Å²) in [5, 5.41) is 8.67. The highest BCUT2D eigenvalue weighted by molar-refractivity contribution is 7.17. The highest BCUT2D eigenvalue weighted by Gasteiger charge is 2.15. The molecule has 1 aromatic rings. The quantitative estimate of drug-likeness (QED) is 0.821. The van der Waals surface area contributed by atoms with Crippen molar-refractivity contribution in [1.29, 1.82) is 0 Å². The van der Waals surface area contributed by atoms with E-state index in [2.05, 4.69) is 0 Å². The standard InChI is InChI=1S/C13H16ClNO3S/c1-9(2)15(8-7-13(17)18)12(16)6-4-10-3-5-11(14)19-10/h3-6,9H,7-8H2,1-2H3,(H,17,18)/b6-4+. The molecule has 0 aromatic carbocycles. The number of hydrogen-bond acceptors (Lipinski definition) is 3. The molecule has 0 saturated heterocycles. The van der Waals surface area contributed by atoms with Gasteiger partial charge in [-0.15, -0.1) is 11.3 Å². The van der Waals surface area contributed by atoms with E-state index in [1.165, 1.54) is 22.3 Å². The van der Waals surface area contributed by atoms with Crippen molar-refractivity contribution in [2.24, 2.45) is 0 Å². The smallest absolute Gasteiger partial charge is 0.305 e. The van der Waals surface area contributed by atoms with Gasteiger partial charge in [-0.25, -0.2) is 0 Å². The fourth-order valence-electron chi connectivity index (χ4n) is 1.51. The number of nitrogens with zero attached hydrogens (tertiary/aromatic N) is 1. The number of amides is 1. The van der Waals surface area contributed by atoms with Crippen LogP contribution in [0.1, 0.15) is 25.1 Å². The van der Waals surface area contributed by atoms with Crippen molar-refractivity contribution >= 4 is 40.9 Å². The Balaban J connectivity index is 2.66. The van der Waals surface area contributed by atoms with E-state index in [4.69, 9.17) is 16.7 Å². The summed E-state index contributed by atoms with van der Waals surface area (Å²) in [5.41, 5.74) is 0. The molecule has 0 aliphatic heterocycles. The molecule has 0 atom stereocenters. The molecule has 0 aliphatic carbocycles. The van der Waals surface area contributed by atoms with E-state index in [0.717, 1.165) is 4.88 Å². The van der Waals surface area contributed by atoms with Crippen LogP contribution in [0.25, 0.3) is 6.08 Å². The Hall–Kier alpha value is -1.33. The lowest BCUT2D eigenvalue weighted by Crippen LogP contribution is -2.37. The molecule has 1 amide bonds. The number of halogens is 1. The van der Waals surface area contributed by atoms with E-state index in [1.54, 1.807) is 12.1 Å². The Morgan fingerprint density at radius 2 is 2.16 bits per heavy atom. The van der Waals surface area contributed by atoms with Crippen molar-refractivity contribution in [2.75, 3.05) is 6.54 Å². The average Bonchev–Trinajstić information content (AvgIpc) is 2.72. The van der Waals surface area contributed by atoms with E-state index in [0.29, 0.717) is 4.34 Å². The van der Waals surface area contributed by atoms with Gasteiger partial charge in [0, 0.05) is 23.5 Å². The van der Waals surface area contributed by atoms with Crippen LogP contribution < -0.4 is 0 Å². The minimum Gasteiger partial charge on any atom is -0.481 e. The fourth-order valence-corrected chi connectivity index (χ4v) is 2.47. The maximum atomic E-state index is 12.0. The number of carboxylic acid groups (broad SMARTS) is 1. The SMILES string of the molecule is CC(C)N(CCC(=O)O)C(=O)/C=C/c1ccc(Cl)s1. The Kier molecular flexibility index (Phi) is 6.05. The highest BCUT2D eigenvalue weighted by atomic mass is 35.5. The number of carbonyl (C=O) groups is 2. The number of hydrogen-bond donors (Lipinski definition) is 1. The summed E-state index contributed by atoms with van der Waals surface area (Å²) in [4.78, 5) is 25.0. The van der Waals surface area contributed by atoms with Gasteiger partial charge in [0.25, 0.3) is 0 Å². The van der Waals surface area contributed by atoms with Gasteiger partial charge >= 0.3 is 5.97 Å². The first kappa shape index (κ1) is 15.7. The van der Waals surface area contributed by atoms with Crippen LogP contribution in [0, 0.1) is 0 Å². The van der Waals surface area contributed by atoms with Crippen molar-refractivity contribution < 1.29 is 14.7 Å². The topological polar surface area (TPSA) is 57.6 Å². The zero-order valence-corrected chi connectivity index (χ0v) is 12.4. The second-order valence-corrected chi connectivity index (χ2v) is 5.99. The maximum Gasteiger partial charge on any atom is 0.305 e. The Labute approximate surface area is 121 Å². The van der Waals surface area contributed by atoms with Crippen LogP contribution in [0.5, 0.6) is 0 Å². The van der Waals surface area contributed by atoms with Crippen LogP contribution in [0.3, 0.4) is 0 Å². The van der Waals surface area contributed by atoms with Gasteiger partial charge in [0.2, 0.25) is 5.91 Å². The molecule has 1 N–H and O–H groups in total. The van der Waals surface area contributed by atoms with E-state index < -0.39 is 5.97 Å². The van der Waals surface area contributed by atoms with E-state index >= 15 is 0 Å². The number of carbonyl (C=O) groups excluding carboxylic acids is 1. The molecular weight excluding hydrogens is 286 g/mol. The molecule has 0 radical (unpaired) electrons. The molecular formula is C13H16ClNO3S. The highest BCUT2D eigenvalue weighted by Crippen LogP contribution is 2.22. The monoisotopic (exact) mass is 301 g/mol. The predicted octanol–water partition coefficient (Wildman–Crippen LogP) is 3.13. The third kappa shape index (κ3) is 5.44. The summed E-state index contributed by atoms with van der Waals surface area (Å²) in [6.07, 6.45) is 3.08. The third-order valence-corrected chi connectivity index (χ3v) is 3.65. The van der Waals surface area contributed by atoms with E-state index in [9.17, 15) is 9.59 Å². The fraction of sp³-hybridized carbons (Fsp3) is 0.385. The molecule has 1 rings (SSSR count). The largest absolute Gasteiger partial charge is 0.481 e. The van der Waals surface area contributed by atoms with Crippen molar-refractivity contribution in [2.45, 2.75) is 26.3 Å². The van der Waals surface area contributed by atoms with Crippen molar-refractivity contribution in [3.63, 3.8) is 0 Å². The molecule has 0 bridgehead atoms. The number of carboxylic acids is 1. The minimum atomic E-state index is -0.910. The summed E-state index contributed by atoms with van der Waals surface area (Å²) in [7, 11) is 0. The molecule has 0 saturated carbocycles. The van der Waals surface area contributed by atoms with Gasteiger partial charge in [-0.2, -0.15) is 0 Å². The summed E-state index contributed by atoms with van der Waals surface area (Å²) >= 11 is 7.18. The lowest BCUT2D eigenvalue weighted by molar-refractivity contribution is -0.138. The molecule has 0 aliphatic rings. The zero-order chi connectivity index (χ0) is 14.4. The molecule has 1 aromatic heterocycles. The second-order valence-electron chi connectivity index (χ2n) is 4.24. The van der Waals surface area contributed by atoms with E-state index in [-0.39, 0.29) is 24.9 Å². The van der Waals surface area contributed by atoms with Gasteiger partial charge in [-0.3, -0.25) is 9.59 Å². The van der Waals surface area contributed by atoms with E-state index in [1.807, 2.05) is 19.9 Å². The van der Waals surface area contributed by atoms with Gasteiger partial charge in [-0.1, -0.05) is 11.6 Å². The number of thiophene rings is 1. The maximum absolute atomic E-state index is 12.0. The molecule has 0 spiro atoms. The second kappa shape index (κ2) is 7.31. The Morgan fingerprint density at radius 1 is 1.47 bits per heavy atom. The van der Waals surface area contributed by atoms with Crippen LogP contribution in [0.2, 0.25) is 4.34 Å². The van der Waals surface area contributed by atoms with Gasteiger partial charge < -0.3 is 10.0 Å². The zero-order valence-electron chi connectivity index (χ0n) is 10.8. The summed E-state index contributed by atoms with van der Waals surface area (Å²) in [6, 6.07) is 3.55. The first-order valence-corrected chi connectivity index (χ1v) is 7.05. The van der Waals surface area contributed by atoms with Crippen molar-refractivity contribution in [3.8, 4) is 0 Å². The van der Waals surface area contributed by atoms with Gasteiger partial charge in [0.15, 0.2) is 0 Å². The molecule has 1 heterocycles. The molecule has 104 valence electrons. The average molecular weight is 302 g/mol. The summed E-state index contributed by atoms with van der Waals surface area (Å²) in [5.74, 6) is -1.10. The third-order valence-electron chi connectivity index (χ3n) is 2.46. The van der Waals surface area contributed by atoms with Crippen LogP contribution in [0.15, 0.2) is 18.2 Å². The van der Waals surface area contributed by atoms with Crippen LogP contribution in [0.4, 0.5) is 0 Å². The van der Waals surface area contributed by atoms with Crippen molar-refractivity contribution in [1.82, 2.24) is 4.90 Å². The van der Waals surface area contributed by atoms with Gasteiger partial charge in [0.05, 0.1) is 10.8 Å². The predicted molar refractivity (Wildman–Crippen MR) is 77.5 cm³/mol. The Morgan fingerprint density at radius 3 is 2.63 bits per heavy atom. The molecule has 19 heavy (non-hydrogen) atoms. The first-order valence-electron chi connectivity index (χ1n) is 5.86. The van der Waals surface area contributed by atoms with Crippen LogP contribution >= 0.6 is 22.9 Å². The lowest BCUT2D eigenvalue weighted by Gasteiger charge is -2.24. The minimum absolute atomic E-state index is 0.0385. The Bertz CT molecular complexity index is 482. The van der Waals surface area contributed by atoms with Crippen LogP contribution in [-0.2, 0) is 9.59 Å².